The van der Waals surface area contributed by atoms with E-state index < -0.39 is 24.5 Å². The molecule has 0 heterocycles. The first-order chi connectivity index (χ1) is 15.9. The molecule has 2 amide bonds. The van der Waals surface area contributed by atoms with Crippen LogP contribution in [0.15, 0.2) is 48.5 Å². The lowest BCUT2D eigenvalue weighted by Crippen LogP contribution is -2.46. The van der Waals surface area contributed by atoms with Crippen LogP contribution in [-0.4, -0.2) is 37.0 Å². The van der Waals surface area contributed by atoms with E-state index >= 15 is 0 Å². The molecule has 0 aromatic heterocycles. The Kier molecular flexibility index (Phi) is 8.46. The van der Waals surface area contributed by atoms with Crippen LogP contribution in [0.4, 0.5) is 0 Å². The van der Waals surface area contributed by atoms with Crippen molar-refractivity contribution in [3.63, 3.8) is 0 Å². The molecule has 2 aromatic carbocycles. The number of benzene rings is 2. The van der Waals surface area contributed by atoms with Crippen LogP contribution in [-0.2, 0) is 20.7 Å². The lowest BCUT2D eigenvalue weighted by Gasteiger charge is -2.26. The highest BCUT2D eigenvalue weighted by Crippen LogP contribution is 2.29. The van der Waals surface area contributed by atoms with Crippen LogP contribution >= 0.6 is 0 Å². The van der Waals surface area contributed by atoms with Gasteiger partial charge in [0.05, 0.1) is 18.2 Å². The Morgan fingerprint density at radius 1 is 1.06 bits per heavy atom. The number of fused-ring (bicyclic) bond motifs is 1. The molecule has 0 aliphatic heterocycles. The fourth-order valence-corrected chi connectivity index (χ4v) is 4.02. The van der Waals surface area contributed by atoms with Crippen molar-refractivity contribution in [3.8, 4) is 5.75 Å². The fourth-order valence-electron chi connectivity index (χ4n) is 4.02. The monoisotopic (exact) mass is 452 g/mol. The van der Waals surface area contributed by atoms with Crippen LogP contribution in [0.25, 0.3) is 0 Å². The molecule has 0 bridgehead atoms. The summed E-state index contributed by atoms with van der Waals surface area (Å²) in [6, 6.07) is 13.9. The fraction of sp³-hybridized carbons (Fsp3) is 0.423. The number of hydrogen-bond acceptors (Lipinski definition) is 5. The van der Waals surface area contributed by atoms with Crippen LogP contribution in [0.5, 0.6) is 5.75 Å². The smallest absolute Gasteiger partial charge is 0.329 e. The minimum atomic E-state index is -0.893. The summed E-state index contributed by atoms with van der Waals surface area (Å²) in [5, 5.41) is 5.69. The molecule has 176 valence electrons. The molecule has 1 aliphatic rings. The Morgan fingerprint density at radius 2 is 1.79 bits per heavy atom. The maximum Gasteiger partial charge on any atom is 0.329 e. The number of hydrogen-bond donors (Lipinski definition) is 2. The van der Waals surface area contributed by atoms with Crippen molar-refractivity contribution >= 4 is 17.8 Å². The van der Waals surface area contributed by atoms with Gasteiger partial charge >= 0.3 is 5.97 Å². The molecule has 0 saturated heterocycles. The number of carbonyl (C=O) groups excluding carboxylic acids is 3. The summed E-state index contributed by atoms with van der Waals surface area (Å²) in [4.78, 5) is 38.0. The number of para-hydroxylation sites is 1. The Bertz CT molecular complexity index is 988. The quantitative estimate of drug-likeness (QED) is 0.567. The van der Waals surface area contributed by atoms with Crippen molar-refractivity contribution in [2.75, 3.05) is 13.2 Å². The van der Waals surface area contributed by atoms with Crippen molar-refractivity contribution in [2.45, 2.75) is 52.1 Å². The second-order valence-corrected chi connectivity index (χ2v) is 8.44. The van der Waals surface area contributed by atoms with Crippen molar-refractivity contribution < 1.29 is 23.9 Å². The number of aryl methyl sites for hydroxylation is 1. The van der Waals surface area contributed by atoms with Gasteiger partial charge in [-0.15, -0.1) is 0 Å². The Labute approximate surface area is 194 Å². The number of ether oxygens (including phenoxy) is 2. The first-order valence-electron chi connectivity index (χ1n) is 11.5. The van der Waals surface area contributed by atoms with E-state index in [2.05, 4.69) is 16.7 Å². The van der Waals surface area contributed by atoms with Gasteiger partial charge in [0.1, 0.15) is 11.8 Å². The van der Waals surface area contributed by atoms with Crippen molar-refractivity contribution in [1.82, 2.24) is 10.6 Å². The third kappa shape index (κ3) is 6.34. The largest absolute Gasteiger partial charge is 0.493 e. The topological polar surface area (TPSA) is 93.7 Å². The van der Waals surface area contributed by atoms with E-state index in [-0.39, 0.29) is 17.9 Å². The Balaban J connectivity index is 1.57. The number of esters is 1. The second kappa shape index (κ2) is 11.5. The lowest BCUT2D eigenvalue weighted by molar-refractivity contribution is -0.151. The third-order valence-corrected chi connectivity index (χ3v) is 5.69. The van der Waals surface area contributed by atoms with Gasteiger partial charge in [-0.1, -0.05) is 50.2 Å². The van der Waals surface area contributed by atoms with Crippen LogP contribution in [0.2, 0.25) is 0 Å². The van der Waals surface area contributed by atoms with Gasteiger partial charge in [-0.2, -0.15) is 0 Å². The summed E-state index contributed by atoms with van der Waals surface area (Å²) < 4.78 is 10.8. The molecule has 2 aromatic rings. The van der Waals surface area contributed by atoms with E-state index in [0.29, 0.717) is 17.9 Å². The van der Waals surface area contributed by atoms with E-state index in [1.165, 1.54) is 5.56 Å². The summed E-state index contributed by atoms with van der Waals surface area (Å²) in [6.07, 6.45) is 2.84. The molecule has 2 atom stereocenters. The molecule has 0 unspecified atom stereocenters. The van der Waals surface area contributed by atoms with E-state index in [1.54, 1.807) is 38.1 Å². The number of rotatable bonds is 9. The number of nitrogens with one attached hydrogen (secondary N) is 2. The maximum atomic E-state index is 12.8. The van der Waals surface area contributed by atoms with Gasteiger partial charge in [0.15, 0.2) is 6.61 Å². The minimum Gasteiger partial charge on any atom is -0.493 e. The van der Waals surface area contributed by atoms with Gasteiger partial charge in [0, 0.05) is 0 Å². The van der Waals surface area contributed by atoms with E-state index in [1.807, 2.05) is 25.1 Å². The summed E-state index contributed by atoms with van der Waals surface area (Å²) in [5.74, 6) is -1.22. The van der Waals surface area contributed by atoms with Crippen LogP contribution in [0.1, 0.15) is 61.1 Å². The summed E-state index contributed by atoms with van der Waals surface area (Å²) >= 11 is 0. The van der Waals surface area contributed by atoms with Gasteiger partial charge < -0.3 is 20.1 Å². The van der Waals surface area contributed by atoms with E-state index in [0.717, 1.165) is 24.8 Å². The molecule has 0 saturated carbocycles. The van der Waals surface area contributed by atoms with Gasteiger partial charge in [0.2, 0.25) is 0 Å². The van der Waals surface area contributed by atoms with Gasteiger partial charge in [-0.05, 0) is 55.4 Å². The van der Waals surface area contributed by atoms with Gasteiger partial charge in [-0.3, -0.25) is 9.59 Å². The highest BCUT2D eigenvalue weighted by molar-refractivity contribution is 5.99. The SMILES string of the molecule is CCOc1ccccc1C(=O)N[C@H](C(=O)OCC(=O)N[C@H]1CCCc2ccccc21)C(C)C. The predicted octanol–water partition coefficient (Wildman–Crippen LogP) is 3.58. The first-order valence-corrected chi connectivity index (χ1v) is 11.5. The molecule has 7 nitrogen and oxygen atoms in total. The van der Waals surface area contributed by atoms with Crippen LogP contribution in [0.3, 0.4) is 0 Å². The Hall–Kier alpha value is -3.35. The molecular formula is C26H32N2O5. The maximum absolute atomic E-state index is 12.8. The molecule has 0 radical (unpaired) electrons. The second-order valence-electron chi connectivity index (χ2n) is 8.44. The minimum absolute atomic E-state index is 0.0863. The molecule has 3 rings (SSSR count). The predicted molar refractivity (Wildman–Crippen MR) is 125 cm³/mol. The molecule has 1 aliphatic carbocycles. The third-order valence-electron chi connectivity index (χ3n) is 5.69. The highest BCUT2D eigenvalue weighted by Gasteiger charge is 2.28. The molecule has 2 N–H and O–H groups in total. The normalized spacial score (nSPS) is 15.8. The van der Waals surface area contributed by atoms with Gasteiger partial charge in [0.25, 0.3) is 11.8 Å². The molecule has 7 heteroatoms. The number of amides is 2. The van der Waals surface area contributed by atoms with Crippen molar-refractivity contribution in [2.24, 2.45) is 5.92 Å². The highest BCUT2D eigenvalue weighted by atomic mass is 16.5. The van der Waals surface area contributed by atoms with Crippen molar-refractivity contribution in [3.05, 3.63) is 65.2 Å². The number of carbonyl (C=O) groups is 3. The van der Waals surface area contributed by atoms with Crippen molar-refractivity contribution in [1.29, 1.82) is 0 Å². The van der Waals surface area contributed by atoms with E-state index in [4.69, 9.17) is 9.47 Å². The zero-order chi connectivity index (χ0) is 23.8. The molecule has 33 heavy (non-hydrogen) atoms. The summed E-state index contributed by atoms with van der Waals surface area (Å²) in [6.45, 7) is 5.46. The standard InChI is InChI=1S/C26H32N2O5/c1-4-32-22-15-8-7-13-20(22)25(30)28-24(17(2)3)26(31)33-16-23(29)27-21-14-9-11-18-10-5-6-12-19(18)21/h5-8,10,12-13,15,17,21,24H,4,9,11,14,16H2,1-3H3,(H,27,29)(H,28,30)/t21-,24-/m0/s1. The van der Waals surface area contributed by atoms with E-state index in [9.17, 15) is 14.4 Å². The molecule has 0 fully saturated rings. The average Bonchev–Trinajstić information content (AvgIpc) is 2.81. The zero-order valence-corrected chi connectivity index (χ0v) is 19.4. The van der Waals surface area contributed by atoms with Crippen LogP contribution < -0.4 is 15.4 Å². The first kappa shape index (κ1) is 24.3. The molecular weight excluding hydrogens is 420 g/mol. The Morgan fingerprint density at radius 3 is 2.55 bits per heavy atom. The molecule has 0 spiro atoms. The average molecular weight is 453 g/mol. The van der Waals surface area contributed by atoms with Crippen LogP contribution in [0, 0.1) is 5.92 Å². The summed E-state index contributed by atoms with van der Waals surface area (Å²) in [7, 11) is 0. The lowest BCUT2D eigenvalue weighted by atomic mass is 9.88. The van der Waals surface area contributed by atoms with Gasteiger partial charge in [-0.25, -0.2) is 4.79 Å². The zero-order valence-electron chi connectivity index (χ0n) is 19.4. The summed E-state index contributed by atoms with van der Waals surface area (Å²) in [5.41, 5.74) is 2.69.